The maximum Gasteiger partial charge on any atom is 0.194 e. The van der Waals surface area contributed by atoms with Crippen LogP contribution in [0.5, 0.6) is 0 Å². The smallest absolute Gasteiger partial charge is 0.194 e. The molecule has 0 unspecified atom stereocenters. The zero-order valence-corrected chi connectivity index (χ0v) is 16.4. The molecule has 0 bridgehead atoms. The van der Waals surface area contributed by atoms with Crippen molar-refractivity contribution in [3.8, 4) is 0 Å². The molecule has 0 saturated heterocycles. The summed E-state index contributed by atoms with van der Waals surface area (Å²) in [5, 5.41) is 0.450. The monoisotopic (exact) mass is 382 g/mol. The summed E-state index contributed by atoms with van der Waals surface area (Å²) in [5.74, 6) is -0.0520. The second-order valence-corrected chi connectivity index (χ2v) is 7.47. The van der Waals surface area contributed by atoms with Gasteiger partial charge in [-0.3, -0.25) is 9.78 Å². The van der Waals surface area contributed by atoms with Crippen molar-refractivity contribution in [1.82, 2.24) is 4.98 Å². The summed E-state index contributed by atoms with van der Waals surface area (Å²) in [7, 11) is 0. The summed E-state index contributed by atoms with van der Waals surface area (Å²) in [4.78, 5) is 17.9. The molecule has 0 aliphatic rings. The van der Waals surface area contributed by atoms with E-state index >= 15 is 0 Å². The Morgan fingerprint density at radius 1 is 1.00 bits per heavy atom. The third-order valence-corrected chi connectivity index (χ3v) is 5.27. The van der Waals surface area contributed by atoms with Crippen LogP contribution in [0.3, 0.4) is 0 Å². The number of carbonyl (C=O) groups is 1. The Morgan fingerprint density at radius 3 is 2.54 bits per heavy atom. The highest BCUT2D eigenvalue weighted by Crippen LogP contribution is 2.29. The first-order valence-electron chi connectivity index (χ1n) is 8.20. The number of rotatable bonds is 5. The fourth-order valence-corrected chi connectivity index (χ4v) is 3.64. The Bertz CT molecular complexity index is 972. The molecule has 0 radical (unpaired) electrons. The number of carbonyl (C=O) groups excluding carboxylic acids is 1. The molecule has 0 fully saturated rings. The SMILES string of the molecule is Cc1ccc(C)c(C(=O)c2ccc(SNc3cnccc3C)cc2Cl)c1. The molecule has 0 atom stereocenters. The minimum absolute atomic E-state index is 0.0520. The predicted octanol–water partition coefficient (Wildman–Crippen LogP) is 6.01. The molecular formula is C21H19ClN2OS. The quantitative estimate of drug-likeness (QED) is 0.433. The first-order chi connectivity index (χ1) is 12.5. The van der Waals surface area contributed by atoms with Gasteiger partial charge in [0.1, 0.15) is 0 Å². The van der Waals surface area contributed by atoms with E-state index in [0.717, 1.165) is 27.3 Å². The first-order valence-corrected chi connectivity index (χ1v) is 9.40. The molecular weight excluding hydrogens is 364 g/mol. The zero-order chi connectivity index (χ0) is 18.7. The number of ketones is 1. The molecule has 3 nitrogen and oxygen atoms in total. The van der Waals surface area contributed by atoms with Gasteiger partial charge in [-0.1, -0.05) is 29.3 Å². The number of anilines is 1. The molecule has 0 amide bonds. The van der Waals surface area contributed by atoms with Gasteiger partial charge >= 0.3 is 0 Å². The maximum absolute atomic E-state index is 12.9. The third kappa shape index (κ3) is 4.09. The van der Waals surface area contributed by atoms with Crippen LogP contribution in [0.4, 0.5) is 5.69 Å². The Kier molecular flexibility index (Phi) is 5.64. The minimum Gasteiger partial charge on any atom is -0.324 e. The molecule has 0 saturated carbocycles. The van der Waals surface area contributed by atoms with Crippen molar-refractivity contribution in [1.29, 1.82) is 0 Å². The summed E-state index contributed by atoms with van der Waals surface area (Å²) in [5.41, 5.74) is 5.27. The van der Waals surface area contributed by atoms with E-state index in [1.165, 1.54) is 11.9 Å². The third-order valence-electron chi connectivity index (χ3n) is 4.14. The van der Waals surface area contributed by atoms with Gasteiger partial charge in [-0.05, 0) is 74.2 Å². The van der Waals surface area contributed by atoms with E-state index in [1.54, 1.807) is 18.5 Å². The zero-order valence-electron chi connectivity index (χ0n) is 14.8. The van der Waals surface area contributed by atoms with E-state index in [-0.39, 0.29) is 5.78 Å². The second kappa shape index (κ2) is 7.94. The molecule has 0 aliphatic heterocycles. The fraction of sp³-hybridized carbons (Fsp3) is 0.143. The lowest BCUT2D eigenvalue weighted by molar-refractivity contribution is 0.103. The Balaban J connectivity index is 1.80. The molecule has 1 N–H and O–H groups in total. The number of nitrogens with one attached hydrogen (secondary N) is 1. The summed E-state index contributed by atoms with van der Waals surface area (Å²) in [6.45, 7) is 5.93. The number of hydrogen-bond donors (Lipinski definition) is 1. The van der Waals surface area contributed by atoms with Gasteiger partial charge in [-0.15, -0.1) is 0 Å². The average Bonchev–Trinajstić information content (AvgIpc) is 2.62. The van der Waals surface area contributed by atoms with E-state index in [9.17, 15) is 4.79 Å². The summed E-state index contributed by atoms with van der Waals surface area (Å²) in [6, 6.07) is 13.3. The number of hydrogen-bond acceptors (Lipinski definition) is 4. The fourth-order valence-electron chi connectivity index (χ4n) is 2.55. The molecule has 3 aromatic rings. The largest absolute Gasteiger partial charge is 0.324 e. The Labute approximate surface area is 162 Å². The number of aromatic nitrogens is 1. The van der Waals surface area contributed by atoms with Crippen molar-refractivity contribution < 1.29 is 4.79 Å². The van der Waals surface area contributed by atoms with Gasteiger partial charge in [0.25, 0.3) is 0 Å². The van der Waals surface area contributed by atoms with Crippen molar-refractivity contribution in [2.45, 2.75) is 25.7 Å². The van der Waals surface area contributed by atoms with Crippen molar-refractivity contribution in [2.24, 2.45) is 0 Å². The van der Waals surface area contributed by atoms with Gasteiger partial charge in [0.2, 0.25) is 0 Å². The van der Waals surface area contributed by atoms with Crippen LogP contribution in [-0.2, 0) is 0 Å². The maximum atomic E-state index is 12.9. The number of aryl methyl sites for hydroxylation is 3. The lowest BCUT2D eigenvalue weighted by Gasteiger charge is -2.11. The van der Waals surface area contributed by atoms with Gasteiger partial charge < -0.3 is 4.72 Å². The molecule has 0 aliphatic carbocycles. The number of halogens is 1. The lowest BCUT2D eigenvalue weighted by Crippen LogP contribution is -2.05. The highest BCUT2D eigenvalue weighted by molar-refractivity contribution is 8.00. The first kappa shape index (κ1) is 18.5. The molecule has 132 valence electrons. The topological polar surface area (TPSA) is 42.0 Å². The van der Waals surface area contributed by atoms with Crippen LogP contribution >= 0.6 is 23.5 Å². The van der Waals surface area contributed by atoms with Gasteiger partial charge in [0, 0.05) is 22.2 Å². The highest BCUT2D eigenvalue weighted by atomic mass is 35.5. The van der Waals surface area contributed by atoms with E-state index in [0.29, 0.717) is 16.1 Å². The van der Waals surface area contributed by atoms with Crippen LogP contribution < -0.4 is 4.72 Å². The normalized spacial score (nSPS) is 10.6. The standard InChI is InChI=1S/C21H19ClN2OS/c1-13-4-5-14(2)18(10-13)21(25)17-7-6-16(11-19(17)22)26-24-20-12-23-9-8-15(20)3/h4-12,24H,1-3H3. The molecule has 26 heavy (non-hydrogen) atoms. The molecule has 5 heteroatoms. The second-order valence-electron chi connectivity index (χ2n) is 6.18. The van der Waals surface area contributed by atoms with Gasteiger partial charge in [0.15, 0.2) is 5.78 Å². The van der Waals surface area contributed by atoms with E-state index < -0.39 is 0 Å². The Morgan fingerprint density at radius 2 is 1.81 bits per heavy atom. The van der Waals surface area contributed by atoms with Gasteiger partial charge in [-0.2, -0.15) is 0 Å². The van der Waals surface area contributed by atoms with E-state index in [2.05, 4.69) is 9.71 Å². The van der Waals surface area contributed by atoms with Gasteiger partial charge in [-0.25, -0.2) is 0 Å². The van der Waals surface area contributed by atoms with Crippen molar-refractivity contribution in [3.05, 3.63) is 87.7 Å². The van der Waals surface area contributed by atoms with E-state index in [1.807, 2.05) is 57.2 Å². The van der Waals surface area contributed by atoms with Crippen molar-refractivity contribution >= 4 is 35.0 Å². The van der Waals surface area contributed by atoms with Crippen LogP contribution in [0.2, 0.25) is 5.02 Å². The molecule has 3 rings (SSSR count). The molecule has 1 heterocycles. The predicted molar refractivity (Wildman–Crippen MR) is 109 cm³/mol. The average molecular weight is 383 g/mol. The van der Waals surface area contributed by atoms with Gasteiger partial charge in [0.05, 0.1) is 16.9 Å². The number of benzene rings is 2. The molecule has 0 spiro atoms. The summed E-state index contributed by atoms with van der Waals surface area (Å²) < 4.78 is 3.26. The van der Waals surface area contributed by atoms with E-state index in [4.69, 9.17) is 11.6 Å². The van der Waals surface area contributed by atoms with Crippen molar-refractivity contribution in [2.75, 3.05) is 4.72 Å². The lowest BCUT2D eigenvalue weighted by atomic mass is 9.97. The Hall–Kier alpha value is -2.30. The minimum atomic E-state index is -0.0520. The van der Waals surface area contributed by atoms with Crippen molar-refractivity contribution in [3.63, 3.8) is 0 Å². The molecule has 2 aromatic carbocycles. The summed E-state index contributed by atoms with van der Waals surface area (Å²) >= 11 is 7.84. The van der Waals surface area contributed by atoms with Crippen LogP contribution in [0.25, 0.3) is 0 Å². The van der Waals surface area contributed by atoms with Crippen LogP contribution in [0.15, 0.2) is 59.8 Å². The van der Waals surface area contributed by atoms with Crippen LogP contribution in [-0.4, -0.2) is 10.8 Å². The highest BCUT2D eigenvalue weighted by Gasteiger charge is 2.16. The summed E-state index contributed by atoms with van der Waals surface area (Å²) in [6.07, 6.45) is 3.54. The number of pyridine rings is 1. The number of nitrogens with zero attached hydrogens (tertiary/aromatic N) is 1. The van der Waals surface area contributed by atoms with Crippen LogP contribution in [0, 0.1) is 20.8 Å². The van der Waals surface area contributed by atoms with Crippen LogP contribution in [0.1, 0.15) is 32.6 Å². The molecule has 1 aromatic heterocycles.